The van der Waals surface area contributed by atoms with E-state index in [0.717, 1.165) is 0 Å². The van der Waals surface area contributed by atoms with Gasteiger partial charge in [0.1, 0.15) is 5.69 Å². The molecule has 0 aliphatic rings. The van der Waals surface area contributed by atoms with Crippen LogP contribution < -0.4 is 14.8 Å². The summed E-state index contributed by atoms with van der Waals surface area (Å²) in [5.74, 6) is -1.62. The van der Waals surface area contributed by atoms with Gasteiger partial charge in [-0.2, -0.15) is 0 Å². The van der Waals surface area contributed by atoms with Crippen molar-refractivity contribution in [3.63, 3.8) is 0 Å². The number of aromatic nitrogens is 1. The summed E-state index contributed by atoms with van der Waals surface area (Å²) in [6.07, 6.45) is 1.67. The second-order valence-corrected chi connectivity index (χ2v) is 5.56. The zero-order valence-electron chi connectivity index (χ0n) is 14.4. The lowest BCUT2D eigenvalue weighted by Crippen LogP contribution is -2.35. The fraction of sp³-hybridized carbons (Fsp3) is 0.235. The largest absolute Gasteiger partial charge is 0.493 e. The second kappa shape index (κ2) is 8.39. The molecule has 1 aromatic carbocycles. The molecule has 0 saturated heterocycles. The Morgan fingerprint density at radius 3 is 2.50 bits per heavy atom. The highest BCUT2D eigenvalue weighted by Gasteiger charge is 2.18. The molecule has 0 atom stereocenters. The van der Waals surface area contributed by atoms with Crippen molar-refractivity contribution in [2.24, 2.45) is 7.05 Å². The Labute approximate surface area is 154 Å². The summed E-state index contributed by atoms with van der Waals surface area (Å²) in [6, 6.07) is 5.93. The third-order valence-electron chi connectivity index (χ3n) is 3.43. The molecule has 2 amide bonds. The number of ether oxygens (including phenoxy) is 3. The lowest BCUT2D eigenvalue weighted by atomic mass is 10.2. The molecular formula is C17H17ClN2O6. The number of carbonyl (C=O) groups is 3. The molecule has 2 rings (SSSR count). The Morgan fingerprint density at radius 1 is 1.19 bits per heavy atom. The highest BCUT2D eigenvalue weighted by molar-refractivity contribution is 6.32. The molecule has 1 heterocycles. The van der Waals surface area contributed by atoms with Gasteiger partial charge in [-0.3, -0.25) is 14.9 Å². The smallest absolute Gasteiger partial charge is 0.338 e. The highest BCUT2D eigenvalue weighted by atomic mass is 35.5. The topological polar surface area (TPSA) is 95.9 Å². The van der Waals surface area contributed by atoms with Crippen molar-refractivity contribution in [2.75, 3.05) is 20.8 Å². The van der Waals surface area contributed by atoms with Crippen molar-refractivity contribution in [1.29, 1.82) is 0 Å². The average Bonchev–Trinajstić information content (AvgIpc) is 3.04. The number of aryl methyl sites for hydroxylation is 1. The molecule has 0 unspecified atom stereocenters. The monoisotopic (exact) mass is 380 g/mol. The number of rotatable bonds is 6. The zero-order chi connectivity index (χ0) is 19.3. The van der Waals surface area contributed by atoms with Crippen LogP contribution in [0.3, 0.4) is 0 Å². The average molecular weight is 381 g/mol. The number of carbonyl (C=O) groups excluding carboxylic acids is 3. The maximum absolute atomic E-state index is 12.1. The molecule has 0 spiro atoms. The molecule has 138 valence electrons. The van der Waals surface area contributed by atoms with Gasteiger partial charge >= 0.3 is 5.97 Å². The van der Waals surface area contributed by atoms with E-state index >= 15 is 0 Å². The van der Waals surface area contributed by atoms with Crippen LogP contribution in [0.2, 0.25) is 5.02 Å². The Bertz CT molecular complexity index is 846. The molecule has 1 N–H and O–H groups in total. The predicted molar refractivity (Wildman–Crippen MR) is 92.7 cm³/mol. The van der Waals surface area contributed by atoms with Gasteiger partial charge < -0.3 is 18.8 Å². The molecule has 0 fully saturated rings. The van der Waals surface area contributed by atoms with Crippen LogP contribution in [0.5, 0.6) is 11.5 Å². The minimum atomic E-state index is -0.797. The van der Waals surface area contributed by atoms with E-state index in [1.807, 2.05) is 0 Å². The second-order valence-electron chi connectivity index (χ2n) is 5.15. The number of amides is 2. The Morgan fingerprint density at radius 2 is 1.92 bits per heavy atom. The minimum Gasteiger partial charge on any atom is -0.493 e. The van der Waals surface area contributed by atoms with Crippen LogP contribution >= 0.6 is 11.6 Å². The predicted octanol–water partition coefficient (Wildman–Crippen LogP) is 1.81. The van der Waals surface area contributed by atoms with Gasteiger partial charge in [-0.05, 0) is 24.3 Å². The van der Waals surface area contributed by atoms with E-state index in [2.05, 4.69) is 5.32 Å². The molecule has 26 heavy (non-hydrogen) atoms. The van der Waals surface area contributed by atoms with E-state index < -0.39 is 24.4 Å². The molecule has 2 aromatic rings. The van der Waals surface area contributed by atoms with E-state index in [4.69, 9.17) is 25.8 Å². The van der Waals surface area contributed by atoms with Crippen LogP contribution in [0.1, 0.15) is 20.8 Å². The van der Waals surface area contributed by atoms with Crippen molar-refractivity contribution >= 4 is 29.4 Å². The molecular weight excluding hydrogens is 364 g/mol. The van der Waals surface area contributed by atoms with Crippen molar-refractivity contribution in [3.05, 3.63) is 46.7 Å². The van der Waals surface area contributed by atoms with Gasteiger partial charge in [-0.25, -0.2) is 4.79 Å². The number of methoxy groups -OCH3 is 2. The van der Waals surface area contributed by atoms with E-state index in [0.29, 0.717) is 5.69 Å². The molecule has 1 aromatic heterocycles. The number of hydrogen-bond acceptors (Lipinski definition) is 6. The summed E-state index contributed by atoms with van der Waals surface area (Å²) in [5, 5.41) is 2.29. The maximum atomic E-state index is 12.1. The first-order valence-corrected chi connectivity index (χ1v) is 7.79. The van der Waals surface area contributed by atoms with Gasteiger partial charge in [-0.15, -0.1) is 0 Å². The molecule has 0 radical (unpaired) electrons. The SMILES string of the molecule is COc1cc(C(=O)OCC(=O)NC(=O)c2cccn2C)cc(Cl)c1OC. The van der Waals surface area contributed by atoms with Gasteiger partial charge in [0, 0.05) is 13.2 Å². The third kappa shape index (κ3) is 4.34. The summed E-state index contributed by atoms with van der Waals surface area (Å²) in [4.78, 5) is 35.8. The van der Waals surface area contributed by atoms with Gasteiger partial charge in [0.05, 0.1) is 24.8 Å². The number of hydrogen-bond donors (Lipinski definition) is 1. The molecule has 9 heteroatoms. The molecule has 0 bridgehead atoms. The fourth-order valence-corrected chi connectivity index (χ4v) is 2.46. The first-order valence-electron chi connectivity index (χ1n) is 7.41. The van der Waals surface area contributed by atoms with Crippen LogP contribution in [0.4, 0.5) is 0 Å². The van der Waals surface area contributed by atoms with Gasteiger partial charge in [0.2, 0.25) is 0 Å². The van der Waals surface area contributed by atoms with Gasteiger partial charge in [0.25, 0.3) is 11.8 Å². The minimum absolute atomic E-state index is 0.0780. The van der Waals surface area contributed by atoms with E-state index in [9.17, 15) is 14.4 Å². The molecule has 8 nitrogen and oxygen atoms in total. The fourth-order valence-electron chi connectivity index (χ4n) is 2.17. The number of halogens is 1. The highest BCUT2D eigenvalue weighted by Crippen LogP contribution is 2.36. The van der Waals surface area contributed by atoms with Crippen molar-refractivity contribution in [1.82, 2.24) is 9.88 Å². The van der Waals surface area contributed by atoms with Crippen LogP contribution in [0.25, 0.3) is 0 Å². The summed E-state index contributed by atoms with van der Waals surface area (Å²) in [6.45, 7) is -0.624. The maximum Gasteiger partial charge on any atom is 0.338 e. The van der Waals surface area contributed by atoms with Crippen LogP contribution in [-0.2, 0) is 16.6 Å². The molecule has 0 aliphatic heterocycles. The van der Waals surface area contributed by atoms with Crippen molar-refractivity contribution in [3.8, 4) is 11.5 Å². The van der Waals surface area contributed by atoms with Gasteiger partial charge in [-0.1, -0.05) is 11.6 Å². The lowest BCUT2D eigenvalue weighted by Gasteiger charge is -2.11. The van der Waals surface area contributed by atoms with Crippen LogP contribution in [-0.4, -0.2) is 43.2 Å². The van der Waals surface area contributed by atoms with Crippen LogP contribution in [0.15, 0.2) is 30.5 Å². The number of imide groups is 1. The third-order valence-corrected chi connectivity index (χ3v) is 3.71. The zero-order valence-corrected chi connectivity index (χ0v) is 15.1. The summed E-state index contributed by atoms with van der Waals surface area (Å²) in [7, 11) is 4.47. The first kappa shape index (κ1) is 19.3. The number of nitrogens with one attached hydrogen (secondary N) is 1. The summed E-state index contributed by atoms with van der Waals surface area (Å²) >= 11 is 6.02. The number of benzene rings is 1. The van der Waals surface area contributed by atoms with Gasteiger partial charge in [0.15, 0.2) is 18.1 Å². The number of esters is 1. The van der Waals surface area contributed by atoms with Crippen molar-refractivity contribution < 1.29 is 28.6 Å². The Kier molecular flexibility index (Phi) is 6.24. The van der Waals surface area contributed by atoms with E-state index in [1.165, 1.54) is 26.4 Å². The Balaban J connectivity index is 1.98. The van der Waals surface area contributed by atoms with E-state index in [1.54, 1.807) is 29.9 Å². The van der Waals surface area contributed by atoms with Crippen LogP contribution in [0, 0.1) is 0 Å². The molecule has 0 aliphatic carbocycles. The Hall–Kier alpha value is -3.00. The van der Waals surface area contributed by atoms with Crippen molar-refractivity contribution in [2.45, 2.75) is 0 Å². The molecule has 0 saturated carbocycles. The quantitative estimate of drug-likeness (QED) is 0.768. The lowest BCUT2D eigenvalue weighted by molar-refractivity contribution is -0.123. The summed E-state index contributed by atoms with van der Waals surface area (Å²) in [5.41, 5.74) is 0.380. The standard InChI is InChI=1S/C17H17ClN2O6/c1-20-6-4-5-12(20)16(22)19-14(21)9-26-17(23)10-7-11(18)15(25-3)13(8-10)24-2/h4-8H,9H2,1-3H3,(H,19,21,22). The number of nitrogens with zero attached hydrogens (tertiary/aromatic N) is 1. The normalized spacial score (nSPS) is 10.2. The summed E-state index contributed by atoms with van der Waals surface area (Å²) < 4.78 is 16.6. The first-order chi connectivity index (χ1) is 12.4. The van der Waals surface area contributed by atoms with E-state index in [-0.39, 0.29) is 22.1 Å².